The average molecular weight is 226 g/mol. The molecule has 1 heteroatoms. The number of aliphatic hydroxyl groups excluding tert-OH is 1. The molecule has 96 valence electrons. The van der Waals surface area contributed by atoms with Crippen LogP contribution in [0, 0.1) is 11.8 Å². The largest absolute Gasteiger partial charge is 0.392 e. The lowest BCUT2D eigenvalue weighted by Gasteiger charge is -2.09. The van der Waals surface area contributed by atoms with E-state index in [4.69, 9.17) is 5.11 Å². The summed E-state index contributed by atoms with van der Waals surface area (Å²) in [6.07, 6.45) is 2.25. The molecule has 0 amide bonds. The van der Waals surface area contributed by atoms with E-state index in [0.29, 0.717) is 11.8 Å². The molecule has 0 saturated carbocycles. The fraction of sp³-hybridized carbons (Fsp3) is 0.733. The molecule has 1 N–H and O–H groups in total. The van der Waals surface area contributed by atoms with Crippen molar-refractivity contribution < 1.29 is 5.11 Å². The van der Waals surface area contributed by atoms with Crippen LogP contribution in [0.1, 0.15) is 55.4 Å². The van der Waals surface area contributed by atoms with Gasteiger partial charge in [0.25, 0.3) is 0 Å². The Kier molecular flexibility index (Phi) is 10.8. The first-order chi connectivity index (χ1) is 7.22. The molecule has 0 saturated heterocycles. The van der Waals surface area contributed by atoms with E-state index in [9.17, 15) is 0 Å². The second-order valence-electron chi connectivity index (χ2n) is 5.33. The smallest absolute Gasteiger partial charge is 0.0646 e. The van der Waals surface area contributed by atoms with Crippen LogP contribution >= 0.6 is 0 Å². The standard InChI is InChI=1S/C8H16O.C7H14/c1-6(2)8(5-9)7(3)4;1-6(2)5-7(3)4/h6,9H,5H2,1-4H3;5-6H,1-4H3. The van der Waals surface area contributed by atoms with Gasteiger partial charge in [0.05, 0.1) is 6.61 Å². The van der Waals surface area contributed by atoms with Crippen molar-refractivity contribution >= 4 is 0 Å². The quantitative estimate of drug-likeness (QED) is 0.698. The third-order valence-electron chi connectivity index (χ3n) is 2.18. The van der Waals surface area contributed by atoms with Crippen LogP contribution in [0.5, 0.6) is 0 Å². The van der Waals surface area contributed by atoms with Crippen molar-refractivity contribution in [2.75, 3.05) is 6.61 Å². The number of aliphatic hydroxyl groups is 1. The van der Waals surface area contributed by atoms with E-state index >= 15 is 0 Å². The zero-order valence-corrected chi connectivity index (χ0v) is 12.4. The summed E-state index contributed by atoms with van der Waals surface area (Å²) in [6, 6.07) is 0. The Balaban J connectivity index is 0. The molecule has 0 aromatic heterocycles. The van der Waals surface area contributed by atoms with Crippen molar-refractivity contribution in [2.45, 2.75) is 55.4 Å². The Morgan fingerprint density at radius 1 is 1.00 bits per heavy atom. The van der Waals surface area contributed by atoms with Gasteiger partial charge >= 0.3 is 0 Å². The zero-order valence-electron chi connectivity index (χ0n) is 12.4. The molecular formula is C15H30O. The van der Waals surface area contributed by atoms with E-state index in [1.165, 1.54) is 11.1 Å². The van der Waals surface area contributed by atoms with Crippen LogP contribution < -0.4 is 0 Å². The van der Waals surface area contributed by atoms with Gasteiger partial charge in [0.15, 0.2) is 0 Å². The van der Waals surface area contributed by atoms with E-state index < -0.39 is 0 Å². The van der Waals surface area contributed by atoms with Crippen molar-refractivity contribution in [3.63, 3.8) is 0 Å². The Morgan fingerprint density at radius 3 is 1.44 bits per heavy atom. The normalized spacial score (nSPS) is 9.69. The van der Waals surface area contributed by atoms with E-state index in [-0.39, 0.29) is 6.61 Å². The minimum absolute atomic E-state index is 0.208. The van der Waals surface area contributed by atoms with Crippen molar-refractivity contribution in [3.8, 4) is 0 Å². The third-order valence-corrected chi connectivity index (χ3v) is 2.18. The summed E-state index contributed by atoms with van der Waals surface area (Å²) >= 11 is 0. The van der Waals surface area contributed by atoms with E-state index in [0.717, 1.165) is 5.57 Å². The first-order valence-electron chi connectivity index (χ1n) is 6.14. The van der Waals surface area contributed by atoms with Crippen molar-refractivity contribution in [1.82, 2.24) is 0 Å². The van der Waals surface area contributed by atoms with E-state index in [1.807, 2.05) is 13.8 Å². The lowest BCUT2D eigenvalue weighted by atomic mass is 10.00. The average Bonchev–Trinajstić information content (AvgIpc) is 2.01. The number of rotatable bonds is 3. The van der Waals surface area contributed by atoms with E-state index in [2.05, 4.69) is 47.6 Å². The first kappa shape index (κ1) is 17.8. The molecule has 0 aliphatic carbocycles. The maximum Gasteiger partial charge on any atom is 0.0646 e. The highest BCUT2D eigenvalue weighted by molar-refractivity contribution is 5.11. The van der Waals surface area contributed by atoms with E-state index in [1.54, 1.807) is 0 Å². The highest BCUT2D eigenvalue weighted by atomic mass is 16.3. The van der Waals surface area contributed by atoms with Gasteiger partial charge in [0, 0.05) is 0 Å². The minimum atomic E-state index is 0.208. The molecule has 0 bridgehead atoms. The highest BCUT2D eigenvalue weighted by Crippen LogP contribution is 2.12. The Bertz CT molecular complexity index is 224. The molecule has 0 aromatic carbocycles. The summed E-state index contributed by atoms with van der Waals surface area (Å²) in [7, 11) is 0. The maximum atomic E-state index is 8.81. The number of hydrogen-bond acceptors (Lipinski definition) is 1. The van der Waals surface area contributed by atoms with Gasteiger partial charge in [-0.2, -0.15) is 0 Å². The van der Waals surface area contributed by atoms with Crippen LogP contribution in [0.25, 0.3) is 0 Å². The zero-order chi connectivity index (χ0) is 13.3. The van der Waals surface area contributed by atoms with Crippen LogP contribution in [0.3, 0.4) is 0 Å². The lowest BCUT2D eigenvalue weighted by molar-refractivity contribution is 0.317. The van der Waals surface area contributed by atoms with Gasteiger partial charge in [-0.3, -0.25) is 0 Å². The van der Waals surface area contributed by atoms with Gasteiger partial charge in [0.1, 0.15) is 0 Å². The van der Waals surface area contributed by atoms with Gasteiger partial charge in [-0.15, -0.1) is 0 Å². The molecule has 0 fully saturated rings. The Hall–Kier alpha value is -0.560. The van der Waals surface area contributed by atoms with Gasteiger partial charge in [0.2, 0.25) is 0 Å². The molecule has 0 atom stereocenters. The molecule has 0 aliphatic heterocycles. The Labute approximate surface area is 102 Å². The van der Waals surface area contributed by atoms with Crippen molar-refractivity contribution in [2.24, 2.45) is 11.8 Å². The second-order valence-corrected chi connectivity index (χ2v) is 5.33. The van der Waals surface area contributed by atoms with Gasteiger partial charge in [-0.25, -0.2) is 0 Å². The van der Waals surface area contributed by atoms with Crippen molar-refractivity contribution in [1.29, 1.82) is 0 Å². The molecule has 0 rings (SSSR count). The first-order valence-corrected chi connectivity index (χ1v) is 6.14. The molecule has 16 heavy (non-hydrogen) atoms. The summed E-state index contributed by atoms with van der Waals surface area (Å²) in [5.74, 6) is 1.20. The predicted octanol–water partition coefficient (Wildman–Crippen LogP) is 4.58. The second kappa shape index (κ2) is 9.65. The maximum absolute atomic E-state index is 8.81. The predicted molar refractivity (Wildman–Crippen MR) is 74.6 cm³/mol. The summed E-state index contributed by atoms with van der Waals surface area (Å²) in [5.41, 5.74) is 3.82. The minimum Gasteiger partial charge on any atom is -0.392 e. The number of hydrogen-bond donors (Lipinski definition) is 1. The molecule has 0 aromatic rings. The number of allylic oxidation sites excluding steroid dienone is 3. The van der Waals surface area contributed by atoms with Crippen LogP contribution in [0.15, 0.2) is 22.8 Å². The molecule has 0 heterocycles. The Morgan fingerprint density at radius 2 is 1.44 bits per heavy atom. The summed E-state index contributed by atoms with van der Waals surface area (Å²) in [5, 5.41) is 8.81. The van der Waals surface area contributed by atoms with Crippen molar-refractivity contribution in [3.05, 3.63) is 22.8 Å². The van der Waals surface area contributed by atoms with Crippen LogP contribution in [0.2, 0.25) is 0 Å². The fourth-order valence-corrected chi connectivity index (χ4v) is 1.58. The summed E-state index contributed by atoms with van der Waals surface area (Å²) in [6.45, 7) is 17.1. The molecule has 0 unspecified atom stereocenters. The molecule has 0 radical (unpaired) electrons. The van der Waals surface area contributed by atoms with Crippen LogP contribution in [0.4, 0.5) is 0 Å². The highest BCUT2D eigenvalue weighted by Gasteiger charge is 2.01. The third kappa shape index (κ3) is 11.5. The molecule has 1 nitrogen and oxygen atoms in total. The molecular weight excluding hydrogens is 196 g/mol. The van der Waals surface area contributed by atoms with Gasteiger partial charge < -0.3 is 5.11 Å². The van der Waals surface area contributed by atoms with Gasteiger partial charge in [-0.05, 0) is 45.1 Å². The summed E-state index contributed by atoms with van der Waals surface area (Å²) < 4.78 is 0. The SMILES string of the molecule is CC(C)=C(CO)C(C)C.CC(C)=CC(C)C. The fourth-order valence-electron chi connectivity index (χ4n) is 1.58. The van der Waals surface area contributed by atoms with Gasteiger partial charge in [-0.1, -0.05) is 44.9 Å². The molecule has 0 aliphatic rings. The van der Waals surface area contributed by atoms with Crippen LogP contribution in [-0.2, 0) is 0 Å². The monoisotopic (exact) mass is 226 g/mol. The van der Waals surface area contributed by atoms with Crippen LogP contribution in [-0.4, -0.2) is 11.7 Å². The molecule has 0 spiro atoms. The summed E-state index contributed by atoms with van der Waals surface area (Å²) in [4.78, 5) is 0. The topological polar surface area (TPSA) is 20.2 Å². The lowest BCUT2D eigenvalue weighted by Crippen LogP contribution is -2.00.